The van der Waals surface area contributed by atoms with Gasteiger partial charge in [0.1, 0.15) is 11.6 Å². The molecule has 0 saturated heterocycles. The molecule has 1 saturated carbocycles. The van der Waals surface area contributed by atoms with Gasteiger partial charge in [-0.05, 0) is 51.2 Å². The summed E-state index contributed by atoms with van der Waals surface area (Å²) >= 11 is 0. The third-order valence-corrected chi connectivity index (χ3v) is 4.35. The highest BCUT2D eigenvalue weighted by Gasteiger charge is 2.25. The summed E-state index contributed by atoms with van der Waals surface area (Å²) < 4.78 is 19.4. The molecule has 5 nitrogen and oxygen atoms in total. The van der Waals surface area contributed by atoms with Gasteiger partial charge in [0.25, 0.3) is 0 Å². The van der Waals surface area contributed by atoms with Crippen molar-refractivity contribution in [2.45, 2.75) is 64.0 Å². The largest absolute Gasteiger partial charge is 0.488 e. The first kappa shape index (κ1) is 18.5. The molecule has 2 amide bonds. The monoisotopic (exact) mass is 338 g/mol. The van der Waals surface area contributed by atoms with E-state index >= 15 is 0 Å². The van der Waals surface area contributed by atoms with Gasteiger partial charge in [-0.3, -0.25) is 0 Å². The number of hydrogen-bond acceptors (Lipinski definition) is 3. The van der Waals surface area contributed by atoms with Gasteiger partial charge in [0.05, 0.1) is 23.9 Å². The first-order valence-electron chi connectivity index (χ1n) is 8.62. The maximum atomic E-state index is 13.5. The predicted octanol–water partition coefficient (Wildman–Crippen LogP) is 3.82. The number of benzene rings is 1. The van der Waals surface area contributed by atoms with E-state index in [0.717, 1.165) is 32.1 Å². The number of carbonyl (C=O) groups is 1. The van der Waals surface area contributed by atoms with Gasteiger partial charge in [-0.1, -0.05) is 13.3 Å². The summed E-state index contributed by atoms with van der Waals surface area (Å²) in [5, 5.41) is 15.0. The van der Waals surface area contributed by atoms with Crippen LogP contribution in [0.3, 0.4) is 0 Å². The minimum Gasteiger partial charge on any atom is -0.488 e. The van der Waals surface area contributed by atoms with E-state index in [1.807, 2.05) is 6.92 Å². The summed E-state index contributed by atoms with van der Waals surface area (Å²) in [4.78, 5) is 12.3. The highest BCUT2D eigenvalue weighted by Crippen LogP contribution is 2.30. The van der Waals surface area contributed by atoms with Crippen LogP contribution in [0.2, 0.25) is 0 Å². The number of amides is 2. The second-order valence-corrected chi connectivity index (χ2v) is 6.71. The van der Waals surface area contributed by atoms with Gasteiger partial charge in [-0.25, -0.2) is 9.18 Å². The third-order valence-electron chi connectivity index (χ3n) is 4.35. The fraction of sp³-hybridized carbons (Fsp3) is 0.611. The number of aliphatic hydroxyl groups excluding tert-OH is 1. The maximum Gasteiger partial charge on any atom is 0.319 e. The van der Waals surface area contributed by atoms with Gasteiger partial charge in [-0.2, -0.15) is 0 Å². The van der Waals surface area contributed by atoms with Crippen LogP contribution in [0.4, 0.5) is 14.9 Å². The molecule has 1 aromatic rings. The Hall–Kier alpha value is -1.82. The van der Waals surface area contributed by atoms with Crippen molar-refractivity contribution in [3.63, 3.8) is 0 Å². The van der Waals surface area contributed by atoms with E-state index in [4.69, 9.17) is 4.74 Å². The summed E-state index contributed by atoms with van der Waals surface area (Å²) in [5.74, 6) is -0.0571. The molecule has 0 spiro atoms. The van der Waals surface area contributed by atoms with Crippen molar-refractivity contribution in [3.05, 3.63) is 24.0 Å². The van der Waals surface area contributed by atoms with Crippen LogP contribution in [0, 0.1) is 5.82 Å². The van der Waals surface area contributed by atoms with Crippen molar-refractivity contribution in [2.75, 3.05) is 11.9 Å². The Morgan fingerprint density at radius 2 is 2.12 bits per heavy atom. The Morgan fingerprint density at radius 1 is 1.42 bits per heavy atom. The second kappa shape index (κ2) is 8.33. The SMILES string of the molecule is CCCC(C)(CO)NC(=O)Nc1ccc(F)cc1OC1CCCC1. The lowest BCUT2D eigenvalue weighted by atomic mass is 9.98. The van der Waals surface area contributed by atoms with Gasteiger partial charge in [0.2, 0.25) is 0 Å². The van der Waals surface area contributed by atoms with Crippen molar-refractivity contribution in [1.82, 2.24) is 5.32 Å². The molecule has 1 unspecified atom stereocenters. The number of anilines is 1. The molecule has 1 aromatic carbocycles. The van der Waals surface area contributed by atoms with Crippen LogP contribution in [-0.4, -0.2) is 29.4 Å². The fourth-order valence-corrected chi connectivity index (χ4v) is 3.04. The van der Waals surface area contributed by atoms with Crippen LogP contribution >= 0.6 is 0 Å². The summed E-state index contributed by atoms with van der Waals surface area (Å²) in [6.07, 6.45) is 5.67. The maximum absolute atomic E-state index is 13.5. The number of hydrogen-bond donors (Lipinski definition) is 3. The number of halogens is 1. The molecule has 0 aromatic heterocycles. The smallest absolute Gasteiger partial charge is 0.319 e. The van der Waals surface area contributed by atoms with Gasteiger partial charge < -0.3 is 20.5 Å². The molecule has 1 aliphatic carbocycles. The molecule has 2 rings (SSSR count). The molecule has 1 aliphatic rings. The normalized spacial score (nSPS) is 17.3. The zero-order valence-corrected chi connectivity index (χ0v) is 14.4. The molecular weight excluding hydrogens is 311 g/mol. The first-order chi connectivity index (χ1) is 11.5. The Bertz CT molecular complexity index is 561. The van der Waals surface area contributed by atoms with Gasteiger partial charge in [0.15, 0.2) is 0 Å². The number of ether oxygens (including phenoxy) is 1. The van der Waals surface area contributed by atoms with Gasteiger partial charge in [0, 0.05) is 6.07 Å². The second-order valence-electron chi connectivity index (χ2n) is 6.71. The molecule has 0 heterocycles. The lowest BCUT2D eigenvalue weighted by molar-refractivity contribution is 0.167. The van der Waals surface area contributed by atoms with Crippen LogP contribution in [-0.2, 0) is 0 Å². The first-order valence-corrected chi connectivity index (χ1v) is 8.62. The quantitative estimate of drug-likeness (QED) is 0.708. The Kier molecular flexibility index (Phi) is 6.43. The zero-order chi connectivity index (χ0) is 17.6. The molecule has 1 atom stereocenters. The highest BCUT2D eigenvalue weighted by molar-refractivity contribution is 5.91. The Labute approximate surface area is 142 Å². The topological polar surface area (TPSA) is 70.6 Å². The fourth-order valence-electron chi connectivity index (χ4n) is 3.04. The van der Waals surface area contributed by atoms with Crippen molar-refractivity contribution in [3.8, 4) is 5.75 Å². The number of nitrogens with one attached hydrogen (secondary N) is 2. The Balaban J connectivity index is 2.06. The zero-order valence-electron chi connectivity index (χ0n) is 14.4. The molecule has 6 heteroatoms. The van der Waals surface area contributed by atoms with Crippen molar-refractivity contribution < 1.29 is 19.0 Å². The van der Waals surface area contributed by atoms with E-state index in [0.29, 0.717) is 17.9 Å². The average Bonchev–Trinajstić information content (AvgIpc) is 3.03. The van der Waals surface area contributed by atoms with Crippen LogP contribution in [0.25, 0.3) is 0 Å². The number of rotatable bonds is 7. The van der Waals surface area contributed by atoms with Crippen molar-refractivity contribution >= 4 is 11.7 Å². The Morgan fingerprint density at radius 3 is 2.75 bits per heavy atom. The van der Waals surface area contributed by atoms with Crippen molar-refractivity contribution in [1.29, 1.82) is 0 Å². The molecule has 0 bridgehead atoms. The van der Waals surface area contributed by atoms with E-state index in [9.17, 15) is 14.3 Å². The van der Waals surface area contributed by atoms with Crippen LogP contribution in [0.1, 0.15) is 52.4 Å². The van der Waals surface area contributed by atoms with E-state index in [1.54, 1.807) is 6.92 Å². The third kappa shape index (κ3) is 5.09. The van der Waals surface area contributed by atoms with Crippen LogP contribution < -0.4 is 15.4 Å². The minimum atomic E-state index is -0.689. The molecule has 134 valence electrons. The number of carbonyl (C=O) groups excluding carboxylic acids is 1. The minimum absolute atomic E-state index is 0.0678. The predicted molar refractivity (Wildman–Crippen MR) is 91.8 cm³/mol. The molecular formula is C18H27FN2O3. The molecule has 24 heavy (non-hydrogen) atoms. The average molecular weight is 338 g/mol. The number of aliphatic hydroxyl groups is 1. The number of urea groups is 1. The lowest BCUT2D eigenvalue weighted by Crippen LogP contribution is -2.50. The summed E-state index contributed by atoms with van der Waals surface area (Å²) in [6, 6.07) is 3.64. The molecule has 1 fully saturated rings. The summed E-state index contributed by atoms with van der Waals surface area (Å²) in [7, 11) is 0. The van der Waals surface area contributed by atoms with Gasteiger partial charge in [-0.15, -0.1) is 0 Å². The molecule has 0 radical (unpaired) electrons. The lowest BCUT2D eigenvalue weighted by Gasteiger charge is -2.28. The molecule has 0 aliphatic heterocycles. The summed E-state index contributed by atoms with van der Waals surface area (Å²) in [6.45, 7) is 3.63. The van der Waals surface area contributed by atoms with Gasteiger partial charge >= 0.3 is 6.03 Å². The summed E-state index contributed by atoms with van der Waals surface area (Å²) in [5.41, 5.74) is -0.261. The van der Waals surface area contributed by atoms with E-state index in [2.05, 4.69) is 10.6 Å². The van der Waals surface area contributed by atoms with Crippen molar-refractivity contribution in [2.24, 2.45) is 0 Å². The molecule has 3 N–H and O–H groups in total. The van der Waals surface area contributed by atoms with E-state index in [1.165, 1.54) is 18.2 Å². The highest BCUT2D eigenvalue weighted by atomic mass is 19.1. The van der Waals surface area contributed by atoms with E-state index < -0.39 is 17.4 Å². The standard InChI is InChI=1S/C18H27FN2O3/c1-3-10-18(2,12-22)21-17(23)20-15-9-8-13(19)11-16(15)24-14-6-4-5-7-14/h8-9,11,14,22H,3-7,10,12H2,1-2H3,(H2,20,21,23). The van der Waals surface area contributed by atoms with Crippen LogP contribution in [0.5, 0.6) is 5.75 Å². The van der Waals surface area contributed by atoms with Crippen LogP contribution in [0.15, 0.2) is 18.2 Å². The van der Waals surface area contributed by atoms with E-state index in [-0.39, 0.29) is 12.7 Å².